The van der Waals surface area contributed by atoms with Crippen LogP contribution in [0.4, 0.5) is 5.82 Å². The van der Waals surface area contributed by atoms with Crippen molar-refractivity contribution >= 4 is 17.4 Å². The lowest BCUT2D eigenvalue weighted by molar-refractivity contribution is 0.297. The fraction of sp³-hybridized carbons (Fsp3) is 0.357. The Morgan fingerprint density at radius 2 is 2.14 bits per heavy atom. The molecule has 6 nitrogen and oxygen atoms in total. The highest BCUT2D eigenvalue weighted by atomic mass is 35.5. The maximum absolute atomic E-state index is 6.30. The van der Waals surface area contributed by atoms with Crippen molar-refractivity contribution in [3.63, 3.8) is 0 Å². The van der Waals surface area contributed by atoms with Crippen LogP contribution in [0.15, 0.2) is 12.3 Å². The van der Waals surface area contributed by atoms with E-state index in [1.54, 1.807) is 31.1 Å². The van der Waals surface area contributed by atoms with Gasteiger partial charge < -0.3 is 19.9 Å². The number of nitrogens with zero attached hydrogens (tertiary/aromatic N) is 2. The zero-order valence-corrected chi connectivity index (χ0v) is 12.6. The molecular formula is C14H16ClN3O3. The van der Waals surface area contributed by atoms with Gasteiger partial charge in [-0.2, -0.15) is 5.10 Å². The SMILES string of the molecule is COc1c(Cl)cc2c(c1-c1cnn(C)c1N)OCCCO2. The normalized spacial score (nSPS) is 13.9. The Labute approximate surface area is 127 Å². The van der Waals surface area contributed by atoms with Crippen molar-refractivity contribution in [1.82, 2.24) is 9.78 Å². The molecule has 2 aromatic rings. The van der Waals surface area contributed by atoms with Crippen molar-refractivity contribution in [2.45, 2.75) is 6.42 Å². The molecule has 0 saturated heterocycles. The minimum absolute atomic E-state index is 0.444. The van der Waals surface area contributed by atoms with Gasteiger partial charge in [-0.15, -0.1) is 0 Å². The standard InChI is InChI=1S/C14H16ClN3O3/c1-18-14(16)8(7-17-18)11-12(19-2)9(15)6-10-13(11)21-5-3-4-20-10/h6-7H,3-5,16H2,1-2H3. The summed E-state index contributed by atoms with van der Waals surface area (Å²) in [6.07, 6.45) is 2.47. The number of nitrogens with two attached hydrogens (primary N) is 1. The monoisotopic (exact) mass is 309 g/mol. The lowest BCUT2D eigenvalue weighted by Gasteiger charge is -2.17. The minimum atomic E-state index is 0.444. The average Bonchev–Trinajstić information content (AvgIpc) is 2.67. The Morgan fingerprint density at radius 3 is 2.81 bits per heavy atom. The molecule has 0 radical (unpaired) electrons. The lowest BCUT2D eigenvalue weighted by atomic mass is 10.1. The highest BCUT2D eigenvalue weighted by Crippen LogP contribution is 2.50. The van der Waals surface area contributed by atoms with E-state index in [-0.39, 0.29) is 0 Å². The van der Waals surface area contributed by atoms with E-state index >= 15 is 0 Å². The molecule has 0 amide bonds. The summed E-state index contributed by atoms with van der Waals surface area (Å²) in [4.78, 5) is 0. The molecule has 21 heavy (non-hydrogen) atoms. The molecule has 2 N–H and O–H groups in total. The van der Waals surface area contributed by atoms with Crippen LogP contribution in [0.25, 0.3) is 11.1 Å². The number of hydrogen-bond acceptors (Lipinski definition) is 5. The van der Waals surface area contributed by atoms with Gasteiger partial charge in [-0.1, -0.05) is 11.6 Å². The molecule has 0 spiro atoms. The van der Waals surface area contributed by atoms with Gasteiger partial charge in [0.1, 0.15) is 11.6 Å². The van der Waals surface area contributed by atoms with Crippen LogP contribution in [0.5, 0.6) is 17.2 Å². The maximum Gasteiger partial charge on any atom is 0.173 e. The molecule has 0 bridgehead atoms. The number of benzene rings is 1. The summed E-state index contributed by atoms with van der Waals surface area (Å²) in [6.45, 7) is 1.14. The van der Waals surface area contributed by atoms with E-state index in [0.29, 0.717) is 52.4 Å². The molecule has 1 aliphatic heterocycles. The van der Waals surface area contributed by atoms with Gasteiger partial charge in [-0.3, -0.25) is 4.68 Å². The second kappa shape index (κ2) is 5.37. The van der Waals surface area contributed by atoms with E-state index in [2.05, 4.69) is 5.10 Å². The van der Waals surface area contributed by atoms with E-state index in [9.17, 15) is 0 Å². The third-order valence-electron chi connectivity index (χ3n) is 3.40. The minimum Gasteiger partial charge on any atom is -0.494 e. The molecule has 112 valence electrons. The van der Waals surface area contributed by atoms with Gasteiger partial charge in [-0.05, 0) is 0 Å². The lowest BCUT2D eigenvalue weighted by Crippen LogP contribution is -2.01. The van der Waals surface area contributed by atoms with Gasteiger partial charge in [0, 0.05) is 19.5 Å². The fourth-order valence-electron chi connectivity index (χ4n) is 2.34. The van der Waals surface area contributed by atoms with Crippen LogP contribution in [0.2, 0.25) is 5.02 Å². The van der Waals surface area contributed by atoms with Crippen molar-refractivity contribution in [3.05, 3.63) is 17.3 Å². The van der Waals surface area contributed by atoms with E-state index in [0.717, 1.165) is 6.42 Å². The Bertz CT molecular complexity index is 685. The van der Waals surface area contributed by atoms with Gasteiger partial charge >= 0.3 is 0 Å². The number of hydrogen-bond donors (Lipinski definition) is 1. The highest BCUT2D eigenvalue weighted by Gasteiger charge is 2.26. The van der Waals surface area contributed by atoms with Gasteiger partial charge in [0.2, 0.25) is 0 Å². The molecule has 1 aromatic carbocycles. The third-order valence-corrected chi connectivity index (χ3v) is 3.68. The zero-order valence-electron chi connectivity index (χ0n) is 11.9. The smallest absolute Gasteiger partial charge is 0.173 e. The molecule has 0 saturated carbocycles. The number of methoxy groups -OCH3 is 1. The fourth-order valence-corrected chi connectivity index (χ4v) is 2.61. The predicted molar refractivity (Wildman–Crippen MR) is 80.2 cm³/mol. The highest BCUT2D eigenvalue weighted by molar-refractivity contribution is 6.33. The molecule has 3 rings (SSSR count). The molecule has 0 unspecified atom stereocenters. The first kappa shape index (κ1) is 13.9. The summed E-state index contributed by atoms with van der Waals surface area (Å²) in [5, 5.41) is 4.61. The van der Waals surface area contributed by atoms with Crippen molar-refractivity contribution in [2.24, 2.45) is 7.05 Å². The van der Waals surface area contributed by atoms with Crippen LogP contribution in [0, 0.1) is 0 Å². The van der Waals surface area contributed by atoms with Crippen molar-refractivity contribution in [3.8, 4) is 28.4 Å². The number of anilines is 1. The first-order valence-corrected chi connectivity index (χ1v) is 6.95. The topological polar surface area (TPSA) is 71.5 Å². The average molecular weight is 310 g/mol. The van der Waals surface area contributed by atoms with Crippen LogP contribution in [0.3, 0.4) is 0 Å². The van der Waals surface area contributed by atoms with Crippen LogP contribution >= 0.6 is 11.6 Å². The van der Waals surface area contributed by atoms with Gasteiger partial charge in [0.25, 0.3) is 0 Å². The quantitative estimate of drug-likeness (QED) is 0.923. The van der Waals surface area contributed by atoms with E-state index in [4.69, 9.17) is 31.5 Å². The molecule has 0 aliphatic carbocycles. The van der Waals surface area contributed by atoms with Crippen LogP contribution in [0.1, 0.15) is 6.42 Å². The predicted octanol–water partition coefficient (Wildman–Crippen LogP) is 2.49. The largest absolute Gasteiger partial charge is 0.494 e. The summed E-state index contributed by atoms with van der Waals surface area (Å²) in [6, 6.07) is 1.71. The van der Waals surface area contributed by atoms with Crippen molar-refractivity contribution in [2.75, 3.05) is 26.1 Å². The summed E-state index contributed by atoms with van der Waals surface area (Å²) in [7, 11) is 3.33. The Balaban J connectivity index is 2.30. The number of halogens is 1. The molecule has 1 aromatic heterocycles. The van der Waals surface area contributed by atoms with E-state index in [1.165, 1.54) is 0 Å². The summed E-state index contributed by atoms with van der Waals surface area (Å²) >= 11 is 6.30. The number of ether oxygens (including phenoxy) is 3. The van der Waals surface area contributed by atoms with Gasteiger partial charge in [0.15, 0.2) is 11.5 Å². The second-order valence-corrected chi connectivity index (χ2v) is 5.12. The summed E-state index contributed by atoms with van der Waals surface area (Å²) < 4.78 is 18.6. The first-order valence-electron chi connectivity index (χ1n) is 6.57. The van der Waals surface area contributed by atoms with E-state index in [1.807, 2.05) is 0 Å². The zero-order chi connectivity index (χ0) is 15.0. The summed E-state index contributed by atoms with van der Waals surface area (Å²) in [5.41, 5.74) is 7.47. The number of aromatic nitrogens is 2. The number of aryl methyl sites for hydroxylation is 1. The Morgan fingerprint density at radius 1 is 1.38 bits per heavy atom. The van der Waals surface area contributed by atoms with Gasteiger partial charge in [0.05, 0.1) is 42.7 Å². The Kier molecular flexibility index (Phi) is 3.55. The van der Waals surface area contributed by atoms with Crippen LogP contribution in [-0.4, -0.2) is 30.1 Å². The molecule has 1 aliphatic rings. The molecule has 7 heteroatoms. The van der Waals surface area contributed by atoms with E-state index < -0.39 is 0 Å². The molecule has 0 fully saturated rings. The second-order valence-electron chi connectivity index (χ2n) is 4.71. The molecule has 0 atom stereocenters. The Hall–Kier alpha value is -2.08. The first-order chi connectivity index (χ1) is 10.1. The number of nitrogen functional groups attached to an aromatic ring is 1. The number of fused-ring (bicyclic) bond motifs is 1. The van der Waals surface area contributed by atoms with Crippen LogP contribution in [-0.2, 0) is 7.05 Å². The van der Waals surface area contributed by atoms with Crippen molar-refractivity contribution in [1.29, 1.82) is 0 Å². The maximum atomic E-state index is 6.30. The molecular weight excluding hydrogens is 294 g/mol. The van der Waals surface area contributed by atoms with Crippen LogP contribution < -0.4 is 19.9 Å². The van der Waals surface area contributed by atoms with Crippen molar-refractivity contribution < 1.29 is 14.2 Å². The number of rotatable bonds is 2. The van der Waals surface area contributed by atoms with Gasteiger partial charge in [-0.25, -0.2) is 0 Å². The summed E-state index contributed by atoms with van der Waals surface area (Å²) in [5.74, 6) is 2.19. The third kappa shape index (κ3) is 2.25. The molecule has 2 heterocycles.